The van der Waals surface area contributed by atoms with Crippen molar-refractivity contribution in [3.05, 3.63) is 52.1 Å². The number of nitrogens with two attached hydrogens (primary N) is 1. The van der Waals surface area contributed by atoms with E-state index in [1.807, 2.05) is 0 Å². The maximum atomic E-state index is 6.20. The molecule has 1 fully saturated rings. The minimum Gasteiger partial charge on any atom is -0.383 e. The highest BCUT2D eigenvalue weighted by atomic mass is 35.5. The summed E-state index contributed by atoms with van der Waals surface area (Å²) in [6, 6.07) is 10.1. The first kappa shape index (κ1) is 13.0. The Morgan fingerprint density at radius 2 is 1.86 bits per heavy atom. The number of nitrogens with zero attached hydrogens (tertiary/aromatic N) is 2. The molecule has 0 saturated heterocycles. The molecule has 0 bridgehead atoms. The highest BCUT2D eigenvalue weighted by Crippen LogP contribution is 2.40. The van der Waals surface area contributed by atoms with E-state index in [2.05, 4.69) is 29.2 Å². The van der Waals surface area contributed by atoms with Crippen molar-refractivity contribution in [1.82, 2.24) is 9.38 Å². The molecule has 0 radical (unpaired) electrons. The minimum atomic E-state index is 0.495. The summed E-state index contributed by atoms with van der Waals surface area (Å²) in [6.07, 6.45) is 4.32. The number of nitrogen functional groups attached to an aromatic ring is 1. The molecule has 2 N–H and O–H groups in total. The number of pyridine rings is 1. The summed E-state index contributed by atoms with van der Waals surface area (Å²) < 4.78 is 1.73. The lowest BCUT2D eigenvalue weighted by molar-refractivity contribution is 1.13. The second-order valence-electron chi connectivity index (χ2n) is 5.44. The van der Waals surface area contributed by atoms with E-state index in [1.54, 1.807) is 16.7 Å². The van der Waals surface area contributed by atoms with Crippen LogP contribution in [-0.2, 0) is 0 Å². The summed E-state index contributed by atoms with van der Waals surface area (Å²) in [6.45, 7) is 0. The largest absolute Gasteiger partial charge is 0.383 e. The van der Waals surface area contributed by atoms with Crippen LogP contribution in [0.2, 0.25) is 10.0 Å². The van der Waals surface area contributed by atoms with Gasteiger partial charge >= 0.3 is 0 Å². The third-order valence-electron chi connectivity index (χ3n) is 3.91. The summed E-state index contributed by atoms with van der Waals surface area (Å²) in [5, 5.41) is 1.03. The Balaban J connectivity index is 1.85. The number of imidazole rings is 1. The van der Waals surface area contributed by atoms with Crippen LogP contribution in [-0.4, -0.2) is 9.38 Å². The van der Waals surface area contributed by atoms with E-state index in [0.717, 1.165) is 17.2 Å². The van der Waals surface area contributed by atoms with Gasteiger partial charge in [0.1, 0.15) is 11.5 Å². The molecule has 1 aliphatic rings. The van der Waals surface area contributed by atoms with Crippen molar-refractivity contribution in [2.45, 2.75) is 18.8 Å². The van der Waals surface area contributed by atoms with Gasteiger partial charge in [-0.15, -0.1) is 0 Å². The second kappa shape index (κ2) is 4.65. The molecule has 0 atom stereocenters. The van der Waals surface area contributed by atoms with Crippen LogP contribution in [0.4, 0.5) is 5.82 Å². The van der Waals surface area contributed by atoms with Gasteiger partial charge in [0.2, 0.25) is 0 Å². The molecule has 3 aromatic rings. The van der Waals surface area contributed by atoms with Crippen LogP contribution >= 0.6 is 23.2 Å². The van der Waals surface area contributed by atoms with Crippen LogP contribution in [0.25, 0.3) is 16.9 Å². The maximum absolute atomic E-state index is 6.20. The Morgan fingerprint density at radius 1 is 1.14 bits per heavy atom. The van der Waals surface area contributed by atoms with E-state index in [4.69, 9.17) is 28.9 Å². The number of hydrogen-bond acceptors (Lipinski definition) is 2. The van der Waals surface area contributed by atoms with E-state index in [-0.39, 0.29) is 0 Å². The van der Waals surface area contributed by atoms with Crippen LogP contribution in [0, 0.1) is 0 Å². The third kappa shape index (κ3) is 2.17. The van der Waals surface area contributed by atoms with Gasteiger partial charge in [0.05, 0.1) is 10.0 Å². The Bertz CT molecular complexity index is 833. The topological polar surface area (TPSA) is 43.3 Å². The number of benzene rings is 1. The number of aromatic nitrogens is 2. The van der Waals surface area contributed by atoms with Crippen LogP contribution in [0.1, 0.15) is 24.3 Å². The normalized spacial score (nSPS) is 14.8. The van der Waals surface area contributed by atoms with Gasteiger partial charge in [-0.05, 0) is 30.4 Å². The van der Waals surface area contributed by atoms with Crippen LogP contribution < -0.4 is 5.73 Å². The maximum Gasteiger partial charge on any atom is 0.158 e. The van der Waals surface area contributed by atoms with Gasteiger partial charge in [-0.25, -0.2) is 4.98 Å². The van der Waals surface area contributed by atoms with Gasteiger partial charge in [0.25, 0.3) is 0 Å². The van der Waals surface area contributed by atoms with Crippen molar-refractivity contribution in [2.75, 3.05) is 5.73 Å². The Hall–Kier alpha value is -1.71. The fraction of sp³-hybridized carbons (Fsp3) is 0.188. The van der Waals surface area contributed by atoms with E-state index in [0.29, 0.717) is 21.5 Å². The highest BCUT2D eigenvalue weighted by Gasteiger charge is 2.23. The molecule has 21 heavy (non-hydrogen) atoms. The van der Waals surface area contributed by atoms with E-state index in [9.17, 15) is 0 Å². The van der Waals surface area contributed by atoms with Crippen molar-refractivity contribution in [3.8, 4) is 11.3 Å². The fourth-order valence-electron chi connectivity index (χ4n) is 2.63. The summed E-state index contributed by atoms with van der Waals surface area (Å²) in [5.74, 6) is 1.29. The Morgan fingerprint density at radius 3 is 2.52 bits per heavy atom. The zero-order chi connectivity index (χ0) is 14.6. The van der Waals surface area contributed by atoms with Gasteiger partial charge < -0.3 is 5.73 Å². The number of rotatable bonds is 2. The lowest BCUT2D eigenvalue weighted by Crippen LogP contribution is -1.94. The van der Waals surface area contributed by atoms with E-state index >= 15 is 0 Å². The zero-order valence-electron chi connectivity index (χ0n) is 11.2. The average molecular weight is 318 g/mol. The van der Waals surface area contributed by atoms with Crippen molar-refractivity contribution < 1.29 is 0 Å². The lowest BCUT2D eigenvalue weighted by Gasteiger charge is -2.02. The predicted octanol–water partition coefficient (Wildman–Crippen LogP) is 4.77. The molecule has 0 amide bonds. The van der Waals surface area contributed by atoms with Crippen molar-refractivity contribution in [3.63, 3.8) is 0 Å². The second-order valence-corrected chi connectivity index (χ2v) is 6.29. The van der Waals surface area contributed by atoms with Gasteiger partial charge in [-0.1, -0.05) is 47.5 Å². The molecule has 1 aromatic carbocycles. The smallest absolute Gasteiger partial charge is 0.158 e. The predicted molar refractivity (Wildman–Crippen MR) is 87.0 cm³/mol. The summed E-state index contributed by atoms with van der Waals surface area (Å²) >= 11 is 12.2. The molecule has 1 aliphatic carbocycles. The first-order valence-corrected chi connectivity index (χ1v) is 7.62. The first-order valence-electron chi connectivity index (χ1n) is 6.86. The van der Waals surface area contributed by atoms with Gasteiger partial charge in [0.15, 0.2) is 5.65 Å². The number of fused-ring (bicyclic) bond motifs is 1. The molecule has 0 unspecified atom stereocenters. The quantitative estimate of drug-likeness (QED) is 0.740. The third-order valence-corrected chi connectivity index (χ3v) is 4.40. The van der Waals surface area contributed by atoms with Gasteiger partial charge in [-0.2, -0.15) is 0 Å². The first-order chi connectivity index (χ1) is 10.1. The van der Waals surface area contributed by atoms with Crippen LogP contribution in [0.15, 0.2) is 36.5 Å². The Kier molecular flexibility index (Phi) is 2.88. The number of halogens is 2. The van der Waals surface area contributed by atoms with Crippen molar-refractivity contribution in [1.29, 1.82) is 0 Å². The van der Waals surface area contributed by atoms with Crippen LogP contribution in [0.5, 0.6) is 0 Å². The van der Waals surface area contributed by atoms with Gasteiger partial charge in [-0.3, -0.25) is 4.40 Å². The monoisotopic (exact) mass is 317 g/mol. The van der Waals surface area contributed by atoms with Gasteiger partial charge in [0, 0.05) is 11.8 Å². The molecule has 5 heteroatoms. The Labute approximate surface area is 132 Å². The standard InChI is InChI=1S/C16H13Cl2N3/c17-12-7-13(18)16-20-14(15(19)21(16)8-12)11-5-3-10(4-6-11)9-1-2-9/h3-9H,1-2,19H2. The summed E-state index contributed by atoms with van der Waals surface area (Å²) in [7, 11) is 0. The average Bonchev–Trinajstić information content (AvgIpc) is 3.26. The molecule has 2 aromatic heterocycles. The molecule has 0 spiro atoms. The fourth-order valence-corrected chi connectivity index (χ4v) is 3.15. The SMILES string of the molecule is Nc1c(-c2ccc(C3CC3)cc2)nc2c(Cl)cc(Cl)cn12. The lowest BCUT2D eigenvalue weighted by atomic mass is 10.1. The minimum absolute atomic E-state index is 0.495. The number of hydrogen-bond donors (Lipinski definition) is 1. The zero-order valence-corrected chi connectivity index (χ0v) is 12.7. The number of anilines is 1. The molecule has 2 heterocycles. The molecule has 4 rings (SSSR count). The summed E-state index contributed by atoms with van der Waals surface area (Å²) in [4.78, 5) is 4.56. The van der Waals surface area contributed by atoms with E-state index in [1.165, 1.54) is 18.4 Å². The molecular weight excluding hydrogens is 305 g/mol. The summed E-state index contributed by atoms with van der Waals surface area (Å²) in [5.41, 5.74) is 9.95. The van der Waals surface area contributed by atoms with Crippen LogP contribution in [0.3, 0.4) is 0 Å². The highest BCUT2D eigenvalue weighted by molar-refractivity contribution is 6.36. The van der Waals surface area contributed by atoms with Crippen molar-refractivity contribution >= 4 is 34.7 Å². The molecule has 0 aliphatic heterocycles. The molecule has 106 valence electrons. The van der Waals surface area contributed by atoms with E-state index < -0.39 is 0 Å². The molecule has 3 nitrogen and oxygen atoms in total. The molecule has 1 saturated carbocycles. The molecular formula is C16H13Cl2N3. The van der Waals surface area contributed by atoms with Crippen molar-refractivity contribution in [2.24, 2.45) is 0 Å².